The molecule has 0 fully saturated rings. The predicted octanol–water partition coefficient (Wildman–Crippen LogP) is 1.05. The second kappa shape index (κ2) is 4.57. The van der Waals surface area contributed by atoms with E-state index in [0.717, 1.165) is 0 Å². The first-order valence-corrected chi connectivity index (χ1v) is 6.71. The molecule has 3 aromatic rings. The highest BCUT2D eigenvalue weighted by Gasteiger charge is 2.16. The van der Waals surface area contributed by atoms with Gasteiger partial charge in [-0.3, -0.25) is 19.6 Å². The first-order valence-electron chi connectivity index (χ1n) is 5.83. The largest absolute Gasteiger partial charge is 0.297 e. The van der Waals surface area contributed by atoms with E-state index in [1.807, 2.05) is 0 Å². The van der Waals surface area contributed by atoms with Crippen LogP contribution in [0.15, 0.2) is 28.5 Å². The van der Waals surface area contributed by atoms with Crippen molar-refractivity contribution in [1.29, 1.82) is 0 Å². The van der Waals surface area contributed by atoms with Crippen LogP contribution in [0.5, 0.6) is 0 Å². The van der Waals surface area contributed by atoms with Gasteiger partial charge in [-0.15, -0.1) is 11.3 Å². The minimum absolute atomic E-state index is 0.219. The Morgan fingerprint density at radius 1 is 1.40 bits per heavy atom. The Morgan fingerprint density at radius 3 is 2.90 bits per heavy atom. The summed E-state index contributed by atoms with van der Waals surface area (Å²) in [5, 5.41) is 4.96. The highest BCUT2D eigenvalue weighted by atomic mass is 32.1. The Morgan fingerprint density at radius 2 is 2.20 bits per heavy atom. The lowest BCUT2D eigenvalue weighted by Crippen LogP contribution is -2.23. The van der Waals surface area contributed by atoms with E-state index in [-0.39, 0.29) is 11.5 Å². The monoisotopic (exact) mass is 289 g/mol. The molecule has 0 unspecified atom stereocenters. The van der Waals surface area contributed by atoms with Crippen molar-refractivity contribution < 1.29 is 4.79 Å². The zero-order valence-corrected chi connectivity index (χ0v) is 11.6. The van der Waals surface area contributed by atoms with Crippen molar-refractivity contribution >= 4 is 28.0 Å². The molecule has 20 heavy (non-hydrogen) atoms. The number of carbonyl (C=O) groups excluding carboxylic acids is 1. The fraction of sp³-hybridized carbons (Fsp3) is 0.167. The zero-order chi connectivity index (χ0) is 14.3. The molecule has 0 aromatic carbocycles. The number of nitrogens with zero attached hydrogens (tertiary/aromatic N) is 4. The molecule has 1 amide bonds. The lowest BCUT2D eigenvalue weighted by molar-refractivity contribution is 0.101. The zero-order valence-electron chi connectivity index (χ0n) is 10.8. The fourth-order valence-corrected chi connectivity index (χ4v) is 2.51. The second-order valence-corrected chi connectivity index (χ2v) is 5.14. The fourth-order valence-electron chi connectivity index (χ4n) is 1.99. The highest BCUT2D eigenvalue weighted by Crippen LogP contribution is 2.13. The van der Waals surface area contributed by atoms with Crippen LogP contribution in [0.1, 0.15) is 16.2 Å². The topological polar surface area (TPSA) is 81.3 Å². The van der Waals surface area contributed by atoms with Crippen molar-refractivity contribution in [1.82, 2.24) is 19.2 Å². The summed E-state index contributed by atoms with van der Waals surface area (Å²) < 4.78 is 2.83. The van der Waals surface area contributed by atoms with Gasteiger partial charge < -0.3 is 0 Å². The van der Waals surface area contributed by atoms with Gasteiger partial charge in [0.25, 0.3) is 11.5 Å². The minimum Gasteiger partial charge on any atom is -0.297 e. The number of aryl methyl sites for hydroxylation is 2. The number of hydrogen-bond acceptors (Lipinski definition) is 5. The average molecular weight is 289 g/mol. The Labute approximate surface area is 117 Å². The first-order chi connectivity index (χ1) is 9.56. The van der Waals surface area contributed by atoms with Crippen LogP contribution in [0.2, 0.25) is 0 Å². The summed E-state index contributed by atoms with van der Waals surface area (Å²) in [6, 6.07) is 3.01. The van der Waals surface area contributed by atoms with Gasteiger partial charge in [0.1, 0.15) is 5.69 Å². The molecule has 0 aliphatic rings. The van der Waals surface area contributed by atoms with E-state index in [2.05, 4.69) is 15.3 Å². The number of carbonyl (C=O) groups is 1. The van der Waals surface area contributed by atoms with Crippen molar-refractivity contribution in [3.05, 3.63) is 45.5 Å². The molecule has 0 atom stereocenters. The van der Waals surface area contributed by atoms with Crippen LogP contribution in [0.25, 0.3) is 5.65 Å². The summed E-state index contributed by atoms with van der Waals surface area (Å²) in [5.41, 5.74) is 1.19. The van der Waals surface area contributed by atoms with Gasteiger partial charge in [0.05, 0.1) is 0 Å². The smallest absolute Gasteiger partial charge is 0.275 e. The summed E-state index contributed by atoms with van der Waals surface area (Å²) in [4.78, 5) is 32.4. The van der Waals surface area contributed by atoms with Gasteiger partial charge in [0.15, 0.2) is 10.8 Å². The van der Waals surface area contributed by atoms with Gasteiger partial charge in [-0.2, -0.15) is 4.52 Å². The van der Waals surface area contributed by atoms with Crippen LogP contribution in [0.4, 0.5) is 5.13 Å². The summed E-state index contributed by atoms with van der Waals surface area (Å²) in [6.45, 7) is 1.74. The first kappa shape index (κ1) is 12.5. The minimum atomic E-state index is -0.329. The number of amides is 1. The maximum absolute atomic E-state index is 12.2. The number of rotatable bonds is 2. The van der Waals surface area contributed by atoms with Crippen molar-refractivity contribution in [2.45, 2.75) is 6.92 Å². The second-order valence-electron chi connectivity index (χ2n) is 4.25. The van der Waals surface area contributed by atoms with Crippen molar-refractivity contribution in [3.8, 4) is 0 Å². The number of hydrogen-bond donors (Lipinski definition) is 1. The standard InChI is InChI=1S/C12H11N5O2S/c1-7-5-10(18)17-9(14-7)6-8(16(17)2)11(19)15-12-13-3-4-20-12/h3-6H,1-2H3,(H,13,15,19). The van der Waals surface area contributed by atoms with Gasteiger partial charge in [0.2, 0.25) is 0 Å². The third-order valence-electron chi connectivity index (χ3n) is 2.85. The van der Waals surface area contributed by atoms with E-state index in [1.165, 1.54) is 26.6 Å². The Bertz CT molecular complexity index is 847. The Balaban J connectivity index is 2.08. The SMILES string of the molecule is Cc1cc(=O)n2c(cc(C(=O)Nc3nccs3)n2C)n1. The van der Waals surface area contributed by atoms with E-state index in [9.17, 15) is 9.59 Å². The van der Waals surface area contributed by atoms with Gasteiger partial charge in [0, 0.05) is 36.5 Å². The van der Waals surface area contributed by atoms with Crippen LogP contribution < -0.4 is 10.9 Å². The highest BCUT2D eigenvalue weighted by molar-refractivity contribution is 7.13. The van der Waals surface area contributed by atoms with Crippen LogP contribution in [-0.2, 0) is 7.05 Å². The molecule has 102 valence electrons. The third-order valence-corrected chi connectivity index (χ3v) is 3.54. The molecule has 0 spiro atoms. The van der Waals surface area contributed by atoms with Gasteiger partial charge in [-0.25, -0.2) is 9.97 Å². The third kappa shape index (κ3) is 1.99. The molecule has 0 saturated heterocycles. The van der Waals surface area contributed by atoms with Crippen molar-refractivity contribution in [2.75, 3.05) is 5.32 Å². The summed E-state index contributed by atoms with van der Waals surface area (Å²) in [7, 11) is 1.64. The predicted molar refractivity (Wildman–Crippen MR) is 75.2 cm³/mol. The van der Waals surface area contributed by atoms with Gasteiger partial charge >= 0.3 is 0 Å². The molecule has 3 rings (SSSR count). The van der Waals surface area contributed by atoms with Gasteiger partial charge in [-0.05, 0) is 6.92 Å². The number of anilines is 1. The van der Waals surface area contributed by atoms with Gasteiger partial charge in [-0.1, -0.05) is 0 Å². The number of nitrogens with one attached hydrogen (secondary N) is 1. The summed E-state index contributed by atoms with van der Waals surface area (Å²) >= 11 is 1.33. The maximum Gasteiger partial charge on any atom is 0.275 e. The molecule has 1 N–H and O–H groups in total. The molecule has 0 radical (unpaired) electrons. The van der Waals surface area contributed by atoms with Crippen molar-refractivity contribution in [3.63, 3.8) is 0 Å². The Hall–Kier alpha value is -2.48. The van der Waals surface area contributed by atoms with Crippen LogP contribution in [0, 0.1) is 6.92 Å². The maximum atomic E-state index is 12.2. The average Bonchev–Trinajstić information content (AvgIpc) is 2.97. The molecular weight excluding hydrogens is 278 g/mol. The van der Waals surface area contributed by atoms with E-state index in [4.69, 9.17) is 0 Å². The van der Waals surface area contributed by atoms with Crippen LogP contribution >= 0.6 is 11.3 Å². The van der Waals surface area contributed by atoms with E-state index in [0.29, 0.717) is 22.2 Å². The van der Waals surface area contributed by atoms with Crippen molar-refractivity contribution in [2.24, 2.45) is 7.05 Å². The molecule has 3 heterocycles. The molecule has 8 heteroatoms. The van der Waals surface area contributed by atoms with Crippen LogP contribution in [0.3, 0.4) is 0 Å². The molecule has 0 bridgehead atoms. The number of thiazole rings is 1. The molecule has 3 aromatic heterocycles. The number of aromatic nitrogens is 4. The lowest BCUT2D eigenvalue weighted by atomic mass is 10.4. The molecular formula is C12H11N5O2S. The van der Waals surface area contributed by atoms with Crippen LogP contribution in [-0.4, -0.2) is 25.1 Å². The molecule has 0 aliphatic heterocycles. The molecule has 0 aliphatic carbocycles. The number of fused-ring (bicyclic) bond motifs is 1. The molecule has 0 saturated carbocycles. The Kier molecular flexibility index (Phi) is 2.87. The normalized spacial score (nSPS) is 10.9. The van der Waals surface area contributed by atoms with E-state index < -0.39 is 0 Å². The van der Waals surface area contributed by atoms with E-state index in [1.54, 1.807) is 31.6 Å². The van der Waals surface area contributed by atoms with E-state index >= 15 is 0 Å². The summed E-state index contributed by atoms with van der Waals surface area (Å²) in [5.74, 6) is -0.329. The quantitative estimate of drug-likeness (QED) is 0.764. The summed E-state index contributed by atoms with van der Waals surface area (Å²) in [6.07, 6.45) is 1.61. The lowest BCUT2D eigenvalue weighted by Gasteiger charge is -2.04. The molecule has 7 nitrogen and oxygen atoms in total.